The summed E-state index contributed by atoms with van der Waals surface area (Å²) >= 11 is 0. The Labute approximate surface area is 149 Å². The molecule has 0 aromatic carbocycles. The molecule has 1 atom stereocenters. The molecule has 134 valence electrons. The zero-order chi connectivity index (χ0) is 17.6. The lowest BCUT2D eigenvalue weighted by atomic mass is 10.0. The maximum absolute atomic E-state index is 5.22. The summed E-state index contributed by atoms with van der Waals surface area (Å²) in [6.45, 7) is 5.30. The highest BCUT2D eigenvalue weighted by Crippen LogP contribution is 2.21. The Bertz CT molecular complexity index is 693. The first-order chi connectivity index (χ1) is 12.2. The number of pyridine rings is 1. The molecule has 0 amide bonds. The minimum absolute atomic E-state index is 0.457. The number of likely N-dealkylation sites (N-methyl/N-ethyl adjacent to an activating group) is 1. The number of piperidine rings is 1. The molecule has 0 bridgehead atoms. The van der Waals surface area contributed by atoms with Crippen molar-refractivity contribution in [2.75, 3.05) is 38.7 Å². The van der Waals surface area contributed by atoms with E-state index in [1.807, 2.05) is 19.1 Å². The Balaban J connectivity index is 1.58. The molecule has 0 aliphatic carbocycles. The van der Waals surface area contributed by atoms with Gasteiger partial charge in [0.05, 0.1) is 7.11 Å². The number of likely N-dealkylation sites (tertiary alicyclic amines) is 1. The summed E-state index contributed by atoms with van der Waals surface area (Å²) in [5.41, 5.74) is 2.27. The fraction of sp³-hybridized carbons (Fsp3) is 0.526. The average molecular weight is 341 g/mol. The van der Waals surface area contributed by atoms with E-state index in [1.165, 1.54) is 18.5 Å². The van der Waals surface area contributed by atoms with Crippen molar-refractivity contribution >= 4 is 5.82 Å². The van der Waals surface area contributed by atoms with E-state index in [4.69, 9.17) is 4.74 Å². The lowest BCUT2D eigenvalue weighted by Crippen LogP contribution is -2.47. The van der Waals surface area contributed by atoms with Gasteiger partial charge in [0.2, 0.25) is 5.88 Å². The summed E-state index contributed by atoms with van der Waals surface area (Å²) in [7, 11) is 3.74. The number of ether oxygens (including phenoxy) is 1. The molecule has 2 aromatic rings. The summed E-state index contributed by atoms with van der Waals surface area (Å²) in [4.78, 5) is 17.9. The maximum Gasteiger partial charge on any atom is 0.218 e. The molecular formula is C19H27N5O. The first-order valence-corrected chi connectivity index (χ1v) is 8.89. The summed E-state index contributed by atoms with van der Waals surface area (Å²) in [5.74, 6) is 1.52. The molecule has 1 fully saturated rings. The van der Waals surface area contributed by atoms with Gasteiger partial charge in [0.25, 0.3) is 0 Å². The van der Waals surface area contributed by atoms with Gasteiger partial charge in [0.1, 0.15) is 12.1 Å². The van der Waals surface area contributed by atoms with Crippen LogP contribution in [0.2, 0.25) is 0 Å². The molecule has 0 spiro atoms. The van der Waals surface area contributed by atoms with Gasteiger partial charge < -0.3 is 14.5 Å². The van der Waals surface area contributed by atoms with E-state index >= 15 is 0 Å². The lowest BCUT2D eigenvalue weighted by Gasteiger charge is -2.38. The molecule has 1 unspecified atom stereocenters. The topological polar surface area (TPSA) is 54.4 Å². The second kappa shape index (κ2) is 8.25. The SMILES string of the molecule is COc1cc(N(C)C2CCCN(CCc3cccc(C)n3)C2)ncn1. The van der Waals surface area contributed by atoms with E-state index in [0.29, 0.717) is 11.9 Å². The van der Waals surface area contributed by atoms with Crippen LogP contribution in [0.25, 0.3) is 0 Å². The van der Waals surface area contributed by atoms with Crippen LogP contribution >= 0.6 is 0 Å². The molecule has 0 radical (unpaired) electrons. The molecule has 1 saturated heterocycles. The third-order valence-corrected chi connectivity index (χ3v) is 4.86. The van der Waals surface area contributed by atoms with E-state index in [1.54, 1.807) is 13.4 Å². The lowest BCUT2D eigenvalue weighted by molar-refractivity contribution is 0.207. The molecule has 3 heterocycles. The second-order valence-corrected chi connectivity index (χ2v) is 6.65. The first kappa shape index (κ1) is 17.6. The number of anilines is 1. The van der Waals surface area contributed by atoms with Crippen molar-refractivity contribution in [2.45, 2.75) is 32.2 Å². The van der Waals surface area contributed by atoms with Crippen molar-refractivity contribution < 1.29 is 4.74 Å². The van der Waals surface area contributed by atoms with E-state index < -0.39 is 0 Å². The first-order valence-electron chi connectivity index (χ1n) is 8.89. The maximum atomic E-state index is 5.22. The molecule has 1 aliphatic rings. The van der Waals surface area contributed by atoms with Crippen molar-refractivity contribution in [3.05, 3.63) is 42.0 Å². The quantitative estimate of drug-likeness (QED) is 0.804. The standard InChI is InChI=1S/C19H27N5O/c1-15-6-4-7-16(22-15)9-11-24-10-5-8-17(13-24)23(2)18-12-19(25-3)21-14-20-18/h4,6-7,12,14,17H,5,8-11,13H2,1-3H3. The van der Waals surface area contributed by atoms with E-state index in [-0.39, 0.29) is 0 Å². The second-order valence-electron chi connectivity index (χ2n) is 6.65. The summed E-state index contributed by atoms with van der Waals surface area (Å²) in [6, 6.07) is 8.61. The van der Waals surface area contributed by atoms with Gasteiger partial charge in [-0.15, -0.1) is 0 Å². The van der Waals surface area contributed by atoms with Gasteiger partial charge in [-0.1, -0.05) is 6.07 Å². The van der Waals surface area contributed by atoms with Crippen molar-refractivity contribution in [3.63, 3.8) is 0 Å². The smallest absolute Gasteiger partial charge is 0.218 e. The number of aromatic nitrogens is 3. The van der Waals surface area contributed by atoms with E-state index in [0.717, 1.165) is 37.6 Å². The molecule has 6 heteroatoms. The van der Waals surface area contributed by atoms with Crippen LogP contribution in [0.1, 0.15) is 24.2 Å². The van der Waals surface area contributed by atoms with Crippen molar-refractivity contribution in [2.24, 2.45) is 0 Å². The fourth-order valence-electron chi connectivity index (χ4n) is 3.38. The Morgan fingerprint density at radius 1 is 1.32 bits per heavy atom. The van der Waals surface area contributed by atoms with Gasteiger partial charge in [-0.2, -0.15) is 0 Å². The number of hydrogen-bond acceptors (Lipinski definition) is 6. The zero-order valence-electron chi connectivity index (χ0n) is 15.4. The number of methoxy groups -OCH3 is 1. The Kier molecular flexibility index (Phi) is 5.81. The van der Waals surface area contributed by atoms with Gasteiger partial charge in [-0.05, 0) is 38.4 Å². The molecule has 3 rings (SSSR count). The Hall–Kier alpha value is -2.21. The van der Waals surface area contributed by atoms with Crippen LogP contribution in [0, 0.1) is 6.92 Å². The van der Waals surface area contributed by atoms with Gasteiger partial charge >= 0.3 is 0 Å². The van der Waals surface area contributed by atoms with Crippen molar-refractivity contribution in [1.29, 1.82) is 0 Å². The van der Waals surface area contributed by atoms with Crippen molar-refractivity contribution in [1.82, 2.24) is 19.9 Å². The molecular weight excluding hydrogens is 314 g/mol. The van der Waals surface area contributed by atoms with Crippen LogP contribution in [0.5, 0.6) is 5.88 Å². The van der Waals surface area contributed by atoms with Gasteiger partial charge in [0, 0.05) is 50.1 Å². The number of nitrogens with zero attached hydrogens (tertiary/aromatic N) is 5. The molecule has 0 N–H and O–H groups in total. The molecule has 25 heavy (non-hydrogen) atoms. The predicted octanol–water partition coefficient (Wildman–Crippen LogP) is 2.33. The molecule has 2 aromatic heterocycles. The fourth-order valence-corrected chi connectivity index (χ4v) is 3.38. The van der Waals surface area contributed by atoms with Crippen molar-refractivity contribution in [3.8, 4) is 5.88 Å². The van der Waals surface area contributed by atoms with Crippen LogP contribution in [-0.4, -0.2) is 59.7 Å². The molecule has 6 nitrogen and oxygen atoms in total. The highest BCUT2D eigenvalue weighted by molar-refractivity contribution is 5.41. The predicted molar refractivity (Wildman–Crippen MR) is 99.1 cm³/mol. The highest BCUT2D eigenvalue weighted by atomic mass is 16.5. The number of hydrogen-bond donors (Lipinski definition) is 0. The summed E-state index contributed by atoms with van der Waals surface area (Å²) < 4.78 is 5.22. The molecule has 1 aliphatic heterocycles. The van der Waals surface area contributed by atoms with Gasteiger partial charge in [-0.3, -0.25) is 4.98 Å². The monoisotopic (exact) mass is 341 g/mol. The largest absolute Gasteiger partial charge is 0.481 e. The zero-order valence-corrected chi connectivity index (χ0v) is 15.4. The average Bonchev–Trinajstić information content (AvgIpc) is 2.66. The molecule has 0 saturated carbocycles. The minimum Gasteiger partial charge on any atom is -0.481 e. The van der Waals surface area contributed by atoms with Crippen LogP contribution in [0.15, 0.2) is 30.6 Å². The van der Waals surface area contributed by atoms with E-state index in [2.05, 4.69) is 43.9 Å². The third kappa shape index (κ3) is 4.66. The van der Waals surface area contributed by atoms with Crippen LogP contribution < -0.4 is 9.64 Å². The van der Waals surface area contributed by atoms with Crippen LogP contribution in [0.3, 0.4) is 0 Å². The Morgan fingerprint density at radius 3 is 3.00 bits per heavy atom. The van der Waals surface area contributed by atoms with Crippen LogP contribution in [0.4, 0.5) is 5.82 Å². The minimum atomic E-state index is 0.457. The van der Waals surface area contributed by atoms with Crippen LogP contribution in [-0.2, 0) is 6.42 Å². The third-order valence-electron chi connectivity index (χ3n) is 4.86. The Morgan fingerprint density at radius 2 is 2.20 bits per heavy atom. The van der Waals surface area contributed by atoms with Gasteiger partial charge in [-0.25, -0.2) is 9.97 Å². The number of rotatable bonds is 6. The normalized spacial score (nSPS) is 18.1. The van der Waals surface area contributed by atoms with E-state index in [9.17, 15) is 0 Å². The summed E-state index contributed by atoms with van der Waals surface area (Å²) in [5, 5.41) is 0. The highest BCUT2D eigenvalue weighted by Gasteiger charge is 2.24. The summed E-state index contributed by atoms with van der Waals surface area (Å²) in [6.07, 6.45) is 4.95. The van der Waals surface area contributed by atoms with Gasteiger partial charge in [0.15, 0.2) is 0 Å². The number of aryl methyl sites for hydroxylation is 1.